The summed E-state index contributed by atoms with van der Waals surface area (Å²) in [4.78, 5) is 24.4. The number of carbonyl (C=O) groups excluding carboxylic acids is 2. The van der Waals surface area contributed by atoms with Crippen LogP contribution in [0.4, 0.5) is 0 Å². The molecule has 6 heteroatoms. The number of hydrogen-bond acceptors (Lipinski definition) is 4. The first-order chi connectivity index (χ1) is 13.0. The Kier molecular flexibility index (Phi) is 5.09. The molecule has 0 aliphatic carbocycles. The lowest BCUT2D eigenvalue weighted by molar-refractivity contribution is -0.122. The van der Waals surface area contributed by atoms with Gasteiger partial charge in [0.1, 0.15) is 5.54 Å². The summed E-state index contributed by atoms with van der Waals surface area (Å²) >= 11 is 0. The van der Waals surface area contributed by atoms with Gasteiger partial charge in [-0.3, -0.25) is 4.79 Å². The molecule has 138 valence electrons. The van der Waals surface area contributed by atoms with Crippen LogP contribution in [0.3, 0.4) is 0 Å². The number of nitrogens with zero attached hydrogens (tertiary/aromatic N) is 1. The predicted octanol–water partition coefficient (Wildman–Crippen LogP) is 2.49. The highest BCUT2D eigenvalue weighted by Crippen LogP contribution is 2.30. The Morgan fingerprint density at radius 2 is 1.85 bits per heavy atom. The number of likely N-dealkylation sites (N-methyl/N-ethyl adjacent to an activating group) is 1. The van der Waals surface area contributed by atoms with E-state index in [4.69, 9.17) is 10.5 Å². The van der Waals surface area contributed by atoms with Crippen molar-refractivity contribution in [1.82, 2.24) is 9.88 Å². The number of amides is 1. The Hall–Kier alpha value is -3.38. The van der Waals surface area contributed by atoms with E-state index in [0.29, 0.717) is 11.3 Å². The first-order valence-electron chi connectivity index (χ1n) is 8.48. The number of fused-ring (bicyclic) bond motifs is 1. The number of benzene rings is 2. The predicted molar refractivity (Wildman–Crippen MR) is 105 cm³/mol. The highest BCUT2D eigenvalue weighted by Gasteiger charge is 2.32. The molecule has 3 aromatic rings. The highest BCUT2D eigenvalue weighted by molar-refractivity contribution is 5.95. The molecule has 0 fully saturated rings. The van der Waals surface area contributed by atoms with Crippen LogP contribution >= 0.6 is 0 Å². The fourth-order valence-corrected chi connectivity index (χ4v) is 2.97. The third-order valence-corrected chi connectivity index (χ3v) is 4.62. The van der Waals surface area contributed by atoms with E-state index in [1.54, 1.807) is 37.5 Å². The molecule has 3 rings (SSSR count). The van der Waals surface area contributed by atoms with Gasteiger partial charge in [-0.1, -0.05) is 36.4 Å². The Balaban J connectivity index is 2.00. The molecular formula is C21H21N3O3. The van der Waals surface area contributed by atoms with Gasteiger partial charge >= 0.3 is 5.97 Å². The van der Waals surface area contributed by atoms with Crippen LogP contribution in [-0.4, -0.2) is 29.0 Å². The quantitative estimate of drug-likeness (QED) is 0.499. The maximum absolute atomic E-state index is 12.4. The van der Waals surface area contributed by atoms with E-state index in [0.717, 1.165) is 10.9 Å². The highest BCUT2D eigenvalue weighted by atomic mass is 16.5. The minimum Gasteiger partial charge on any atom is -0.421 e. The molecule has 27 heavy (non-hydrogen) atoms. The summed E-state index contributed by atoms with van der Waals surface area (Å²) in [5, 5.41) is 3.70. The lowest BCUT2D eigenvalue weighted by atomic mass is 9.99. The molecule has 0 aliphatic rings. The molecule has 0 radical (unpaired) electrons. The Bertz CT molecular complexity index is 994. The number of rotatable bonds is 7. The summed E-state index contributed by atoms with van der Waals surface area (Å²) in [7, 11) is 1.65. The van der Waals surface area contributed by atoms with Gasteiger partial charge in [0.2, 0.25) is 5.91 Å². The van der Waals surface area contributed by atoms with E-state index in [1.807, 2.05) is 34.9 Å². The van der Waals surface area contributed by atoms with Gasteiger partial charge in [0.25, 0.3) is 0 Å². The summed E-state index contributed by atoms with van der Waals surface area (Å²) in [6.45, 7) is 3.95. The SMILES string of the molecule is C=CC(Cn1cc(OC(=O)c2ccccc2)c2ccccc21)(NC)C(N)=O. The Morgan fingerprint density at radius 3 is 2.48 bits per heavy atom. The van der Waals surface area contributed by atoms with E-state index in [-0.39, 0.29) is 6.54 Å². The fourth-order valence-electron chi connectivity index (χ4n) is 2.97. The van der Waals surface area contributed by atoms with E-state index in [9.17, 15) is 9.59 Å². The van der Waals surface area contributed by atoms with Gasteiger partial charge in [-0.05, 0) is 31.3 Å². The van der Waals surface area contributed by atoms with Crippen molar-refractivity contribution in [2.24, 2.45) is 5.73 Å². The molecule has 6 nitrogen and oxygen atoms in total. The molecular weight excluding hydrogens is 342 g/mol. The molecule has 1 atom stereocenters. The van der Waals surface area contributed by atoms with Gasteiger partial charge in [0, 0.05) is 11.6 Å². The van der Waals surface area contributed by atoms with Crippen molar-refractivity contribution < 1.29 is 14.3 Å². The third kappa shape index (κ3) is 3.47. The number of aromatic nitrogens is 1. The fraction of sp³-hybridized carbons (Fsp3) is 0.143. The summed E-state index contributed by atoms with van der Waals surface area (Å²) in [5.74, 6) is -0.574. The number of carbonyl (C=O) groups is 2. The number of esters is 1. The molecule has 1 amide bonds. The van der Waals surface area contributed by atoms with E-state index in [2.05, 4.69) is 11.9 Å². The standard InChI is InChI=1S/C21H21N3O3/c1-3-21(23-2,20(22)26)14-24-13-18(16-11-7-8-12-17(16)24)27-19(25)15-9-5-4-6-10-15/h3-13,23H,1,14H2,2H3,(H2,22,26). The third-order valence-electron chi connectivity index (χ3n) is 4.62. The van der Waals surface area contributed by atoms with Crippen LogP contribution in [0.25, 0.3) is 10.9 Å². The molecule has 2 aromatic carbocycles. The second-order valence-corrected chi connectivity index (χ2v) is 6.18. The van der Waals surface area contributed by atoms with E-state index in [1.165, 1.54) is 6.08 Å². The number of para-hydroxylation sites is 1. The largest absolute Gasteiger partial charge is 0.421 e. The normalized spacial score (nSPS) is 13.1. The van der Waals surface area contributed by atoms with Gasteiger partial charge in [0.05, 0.1) is 17.6 Å². The molecule has 0 saturated carbocycles. The monoisotopic (exact) mass is 363 g/mol. The minimum atomic E-state index is -1.12. The first-order valence-corrected chi connectivity index (χ1v) is 8.48. The van der Waals surface area contributed by atoms with Crippen LogP contribution in [0.15, 0.2) is 73.4 Å². The van der Waals surface area contributed by atoms with Gasteiger partial charge < -0.3 is 20.4 Å². The van der Waals surface area contributed by atoms with E-state index >= 15 is 0 Å². The van der Waals surface area contributed by atoms with Gasteiger partial charge in [0.15, 0.2) is 5.75 Å². The molecule has 3 N–H and O–H groups in total. The smallest absolute Gasteiger partial charge is 0.343 e. The summed E-state index contributed by atoms with van der Waals surface area (Å²) < 4.78 is 7.44. The summed E-state index contributed by atoms with van der Waals surface area (Å²) in [6.07, 6.45) is 3.18. The number of ether oxygens (including phenoxy) is 1. The summed E-state index contributed by atoms with van der Waals surface area (Å²) in [6, 6.07) is 16.3. The van der Waals surface area contributed by atoms with Crippen LogP contribution in [-0.2, 0) is 11.3 Å². The van der Waals surface area contributed by atoms with Crippen LogP contribution in [0.1, 0.15) is 10.4 Å². The number of nitrogens with one attached hydrogen (secondary N) is 1. The van der Waals surface area contributed by atoms with Crippen LogP contribution in [0.5, 0.6) is 5.75 Å². The van der Waals surface area contributed by atoms with Crippen LogP contribution in [0.2, 0.25) is 0 Å². The lowest BCUT2D eigenvalue weighted by Gasteiger charge is -2.27. The van der Waals surface area contributed by atoms with Gasteiger partial charge in [-0.25, -0.2) is 4.79 Å². The average Bonchev–Trinajstić information content (AvgIpc) is 3.04. The molecule has 0 bridgehead atoms. The molecule has 0 spiro atoms. The average molecular weight is 363 g/mol. The topological polar surface area (TPSA) is 86.3 Å². The van der Waals surface area contributed by atoms with Crippen molar-refractivity contribution in [3.8, 4) is 5.75 Å². The maximum Gasteiger partial charge on any atom is 0.343 e. The Morgan fingerprint density at radius 1 is 1.19 bits per heavy atom. The summed E-state index contributed by atoms with van der Waals surface area (Å²) in [5.41, 5.74) is 5.73. The molecule has 1 heterocycles. The van der Waals surface area contributed by atoms with Crippen molar-refractivity contribution in [2.45, 2.75) is 12.1 Å². The molecule has 1 unspecified atom stereocenters. The van der Waals surface area contributed by atoms with Crippen molar-refractivity contribution in [3.05, 3.63) is 79.0 Å². The van der Waals surface area contributed by atoms with Gasteiger partial charge in [-0.2, -0.15) is 0 Å². The van der Waals surface area contributed by atoms with Crippen molar-refractivity contribution in [2.75, 3.05) is 7.05 Å². The maximum atomic E-state index is 12.4. The van der Waals surface area contributed by atoms with E-state index < -0.39 is 17.4 Å². The lowest BCUT2D eigenvalue weighted by Crippen LogP contribution is -2.55. The number of nitrogens with two attached hydrogens (primary N) is 1. The molecule has 0 saturated heterocycles. The van der Waals surface area contributed by atoms with Crippen molar-refractivity contribution in [3.63, 3.8) is 0 Å². The second-order valence-electron chi connectivity index (χ2n) is 6.18. The zero-order valence-corrected chi connectivity index (χ0v) is 15.0. The van der Waals surface area contributed by atoms with Crippen molar-refractivity contribution >= 4 is 22.8 Å². The zero-order valence-electron chi connectivity index (χ0n) is 15.0. The number of hydrogen-bond donors (Lipinski definition) is 2. The zero-order chi connectivity index (χ0) is 19.4. The first kappa shape index (κ1) is 18.4. The second kappa shape index (κ2) is 7.47. The number of primary amides is 1. The molecule has 0 aliphatic heterocycles. The van der Waals surface area contributed by atoms with Crippen LogP contribution in [0, 0.1) is 0 Å². The van der Waals surface area contributed by atoms with Crippen molar-refractivity contribution in [1.29, 1.82) is 0 Å². The Labute approximate surface area is 157 Å². The molecule has 1 aromatic heterocycles. The van der Waals surface area contributed by atoms with Gasteiger partial charge in [-0.15, -0.1) is 6.58 Å². The minimum absolute atomic E-state index is 0.214. The van der Waals surface area contributed by atoms with Crippen LogP contribution < -0.4 is 15.8 Å².